The van der Waals surface area contributed by atoms with E-state index in [9.17, 15) is 9.59 Å². The van der Waals surface area contributed by atoms with Crippen molar-refractivity contribution in [1.29, 1.82) is 0 Å². The van der Waals surface area contributed by atoms with Crippen LogP contribution >= 0.6 is 11.3 Å². The van der Waals surface area contributed by atoms with Crippen LogP contribution in [0, 0.1) is 5.92 Å². The molecule has 156 valence electrons. The van der Waals surface area contributed by atoms with Gasteiger partial charge in [-0.3, -0.25) is 9.59 Å². The number of likely N-dealkylation sites (tertiary alicyclic amines) is 1. The Morgan fingerprint density at radius 2 is 1.87 bits per heavy atom. The van der Waals surface area contributed by atoms with Crippen LogP contribution in [0.15, 0.2) is 47.1 Å². The number of amides is 2. The number of aromatic nitrogens is 2. The van der Waals surface area contributed by atoms with Crippen molar-refractivity contribution in [3.05, 3.63) is 54.0 Å². The highest BCUT2D eigenvalue weighted by atomic mass is 32.1. The van der Waals surface area contributed by atoms with Crippen LogP contribution in [-0.4, -0.2) is 40.0 Å². The van der Waals surface area contributed by atoms with Gasteiger partial charge in [-0.25, -0.2) is 0 Å². The fourth-order valence-electron chi connectivity index (χ4n) is 3.51. The summed E-state index contributed by atoms with van der Waals surface area (Å²) in [6.45, 7) is 5.37. The Morgan fingerprint density at radius 3 is 2.50 bits per heavy atom. The molecule has 0 saturated carbocycles. The molecule has 0 aliphatic carbocycles. The van der Waals surface area contributed by atoms with E-state index in [1.54, 1.807) is 17.0 Å². The maximum absolute atomic E-state index is 12.6. The molecular weight excluding hydrogens is 400 g/mol. The maximum atomic E-state index is 12.6. The van der Waals surface area contributed by atoms with Gasteiger partial charge >= 0.3 is 0 Å². The number of benzene rings is 1. The molecule has 2 aromatic heterocycles. The number of hydrogen-bond donors (Lipinski definition) is 1. The maximum Gasteiger partial charge on any atom is 0.289 e. The number of nitrogens with zero attached hydrogens (tertiary/aromatic N) is 3. The van der Waals surface area contributed by atoms with Gasteiger partial charge in [0.15, 0.2) is 5.76 Å². The minimum absolute atomic E-state index is 0.0713. The topological polar surface area (TPSA) is 88.3 Å². The molecule has 7 nitrogen and oxygen atoms in total. The Balaban J connectivity index is 1.32. The fourth-order valence-corrected chi connectivity index (χ4v) is 4.26. The van der Waals surface area contributed by atoms with Crippen molar-refractivity contribution in [3.8, 4) is 10.6 Å². The van der Waals surface area contributed by atoms with Crippen LogP contribution in [0.2, 0.25) is 0 Å². The van der Waals surface area contributed by atoms with Crippen LogP contribution < -0.4 is 5.32 Å². The summed E-state index contributed by atoms with van der Waals surface area (Å²) in [5, 5.41) is 12.5. The Bertz CT molecular complexity index is 1000. The van der Waals surface area contributed by atoms with Gasteiger partial charge in [0.2, 0.25) is 11.0 Å². The van der Waals surface area contributed by atoms with Gasteiger partial charge in [-0.2, -0.15) is 0 Å². The first-order valence-electron chi connectivity index (χ1n) is 10.1. The number of anilines is 1. The molecule has 4 rings (SSSR count). The number of carbonyl (C=O) groups excluding carboxylic acids is 2. The predicted molar refractivity (Wildman–Crippen MR) is 115 cm³/mol. The molecule has 1 aliphatic rings. The van der Waals surface area contributed by atoms with Crippen LogP contribution in [0.5, 0.6) is 0 Å². The largest absolute Gasteiger partial charge is 0.459 e. The first-order chi connectivity index (χ1) is 14.5. The lowest BCUT2D eigenvalue weighted by atomic mass is 9.96. The van der Waals surface area contributed by atoms with Crippen LogP contribution in [0.3, 0.4) is 0 Å². The lowest BCUT2D eigenvalue weighted by Crippen LogP contribution is -2.41. The van der Waals surface area contributed by atoms with E-state index >= 15 is 0 Å². The van der Waals surface area contributed by atoms with Crippen LogP contribution in [0.1, 0.15) is 48.7 Å². The molecule has 30 heavy (non-hydrogen) atoms. The van der Waals surface area contributed by atoms with Crippen molar-refractivity contribution in [2.24, 2.45) is 5.92 Å². The van der Waals surface area contributed by atoms with E-state index in [1.165, 1.54) is 23.2 Å². The zero-order valence-electron chi connectivity index (χ0n) is 17.0. The molecule has 1 saturated heterocycles. The summed E-state index contributed by atoms with van der Waals surface area (Å²) in [5.41, 5.74) is 2.26. The smallest absolute Gasteiger partial charge is 0.289 e. The van der Waals surface area contributed by atoms with Gasteiger partial charge < -0.3 is 14.6 Å². The number of carbonyl (C=O) groups is 2. The van der Waals surface area contributed by atoms with E-state index < -0.39 is 0 Å². The second kappa shape index (κ2) is 8.79. The average molecular weight is 425 g/mol. The first-order valence-corrected chi connectivity index (χ1v) is 10.9. The molecule has 2 amide bonds. The van der Waals surface area contributed by atoms with Gasteiger partial charge in [0.1, 0.15) is 5.01 Å². The summed E-state index contributed by atoms with van der Waals surface area (Å²) in [6, 6.07) is 11.6. The molecule has 0 atom stereocenters. The molecule has 1 aromatic carbocycles. The second-order valence-corrected chi connectivity index (χ2v) is 8.70. The van der Waals surface area contributed by atoms with Crippen molar-refractivity contribution in [2.75, 3.05) is 18.4 Å². The molecule has 3 aromatic rings. The van der Waals surface area contributed by atoms with Crippen molar-refractivity contribution < 1.29 is 14.0 Å². The van der Waals surface area contributed by atoms with Gasteiger partial charge in [0.05, 0.1) is 6.26 Å². The molecule has 0 radical (unpaired) electrons. The number of nitrogens with one attached hydrogen (secondary N) is 1. The van der Waals surface area contributed by atoms with Crippen molar-refractivity contribution in [3.63, 3.8) is 0 Å². The van der Waals surface area contributed by atoms with Gasteiger partial charge in [-0.15, -0.1) is 10.2 Å². The molecule has 1 N–H and O–H groups in total. The Kier molecular flexibility index (Phi) is 5.94. The fraction of sp³-hybridized carbons (Fsp3) is 0.364. The molecule has 0 bridgehead atoms. The van der Waals surface area contributed by atoms with E-state index in [0.717, 1.165) is 10.6 Å². The average Bonchev–Trinajstić information content (AvgIpc) is 3.46. The Labute approximate surface area is 179 Å². The van der Waals surface area contributed by atoms with E-state index in [1.807, 2.05) is 12.1 Å². The Hall–Kier alpha value is -3.00. The van der Waals surface area contributed by atoms with Gasteiger partial charge in [-0.05, 0) is 36.5 Å². The van der Waals surface area contributed by atoms with Crippen LogP contribution in [0.4, 0.5) is 5.13 Å². The third-order valence-corrected chi connectivity index (χ3v) is 6.25. The van der Waals surface area contributed by atoms with Gasteiger partial charge in [-0.1, -0.05) is 49.4 Å². The lowest BCUT2D eigenvalue weighted by molar-refractivity contribution is -0.121. The minimum Gasteiger partial charge on any atom is -0.459 e. The highest BCUT2D eigenvalue weighted by Gasteiger charge is 2.29. The zero-order chi connectivity index (χ0) is 21.1. The van der Waals surface area contributed by atoms with Crippen LogP contribution in [-0.2, 0) is 4.79 Å². The van der Waals surface area contributed by atoms with E-state index in [0.29, 0.717) is 42.7 Å². The molecular formula is C22H24N4O3S. The molecule has 0 spiro atoms. The molecule has 8 heteroatoms. The molecule has 0 unspecified atom stereocenters. The van der Waals surface area contributed by atoms with E-state index in [4.69, 9.17) is 4.42 Å². The van der Waals surface area contributed by atoms with Gasteiger partial charge in [0.25, 0.3) is 5.91 Å². The highest BCUT2D eigenvalue weighted by Crippen LogP contribution is 2.29. The number of furan rings is 1. The number of hydrogen-bond acceptors (Lipinski definition) is 6. The summed E-state index contributed by atoms with van der Waals surface area (Å²) in [5.74, 6) is 0.460. The quantitative estimate of drug-likeness (QED) is 0.655. The molecule has 1 fully saturated rings. The lowest BCUT2D eigenvalue weighted by Gasteiger charge is -2.30. The summed E-state index contributed by atoms with van der Waals surface area (Å²) in [7, 11) is 0. The molecule has 3 heterocycles. The van der Waals surface area contributed by atoms with E-state index in [-0.39, 0.29) is 17.7 Å². The SMILES string of the molecule is CC(C)c1ccc(-c2nnc(NC(=O)C3CCN(C(=O)c4ccco4)CC3)s2)cc1. The van der Waals surface area contributed by atoms with Gasteiger partial charge in [0, 0.05) is 24.6 Å². The Morgan fingerprint density at radius 1 is 1.13 bits per heavy atom. The number of rotatable bonds is 5. The third-order valence-electron chi connectivity index (χ3n) is 5.36. The first kappa shape index (κ1) is 20.3. The monoisotopic (exact) mass is 424 g/mol. The van der Waals surface area contributed by atoms with Crippen molar-refractivity contribution in [1.82, 2.24) is 15.1 Å². The predicted octanol–water partition coefficient (Wildman–Crippen LogP) is 4.41. The summed E-state index contributed by atoms with van der Waals surface area (Å²) in [4.78, 5) is 26.7. The number of piperidine rings is 1. The van der Waals surface area contributed by atoms with E-state index in [2.05, 4.69) is 41.5 Å². The standard InChI is InChI=1S/C22H24N4O3S/c1-14(2)15-5-7-17(8-6-15)20-24-25-22(30-20)23-19(27)16-9-11-26(12-10-16)21(28)18-4-3-13-29-18/h3-8,13-14,16H,9-12H2,1-2H3,(H,23,25,27). The summed E-state index contributed by atoms with van der Waals surface area (Å²) < 4.78 is 5.17. The van der Waals surface area contributed by atoms with Crippen molar-refractivity contribution in [2.45, 2.75) is 32.6 Å². The summed E-state index contributed by atoms with van der Waals surface area (Å²) in [6.07, 6.45) is 2.71. The minimum atomic E-state index is -0.150. The normalized spacial score (nSPS) is 14.8. The molecule has 1 aliphatic heterocycles. The zero-order valence-corrected chi connectivity index (χ0v) is 17.8. The second-order valence-electron chi connectivity index (χ2n) is 7.72. The van der Waals surface area contributed by atoms with Crippen molar-refractivity contribution >= 4 is 28.3 Å². The van der Waals surface area contributed by atoms with Crippen LogP contribution in [0.25, 0.3) is 10.6 Å². The summed E-state index contributed by atoms with van der Waals surface area (Å²) >= 11 is 1.37. The third kappa shape index (κ3) is 4.43. The highest BCUT2D eigenvalue weighted by molar-refractivity contribution is 7.18.